The first kappa shape index (κ1) is 21.9. The molecule has 3 N–H and O–H groups in total. The molecule has 0 fully saturated rings. The van der Waals surface area contributed by atoms with Crippen molar-refractivity contribution >= 4 is 22.6 Å². The van der Waals surface area contributed by atoms with Crippen molar-refractivity contribution in [2.75, 3.05) is 31.1 Å². The lowest BCUT2D eigenvalue weighted by Gasteiger charge is -2.38. The number of carbonyl (C=O) groups excluding carboxylic acids is 1. The lowest BCUT2D eigenvalue weighted by Crippen LogP contribution is -2.44. The van der Waals surface area contributed by atoms with Gasteiger partial charge in [-0.1, -0.05) is 5.76 Å². The molecule has 0 radical (unpaired) electrons. The summed E-state index contributed by atoms with van der Waals surface area (Å²) < 4.78 is 2.29. The first-order valence-electron chi connectivity index (χ1n) is 13.2. The first-order chi connectivity index (χ1) is 17.5. The molecule has 0 saturated carbocycles. The van der Waals surface area contributed by atoms with E-state index in [1.165, 1.54) is 0 Å². The van der Waals surface area contributed by atoms with Crippen LogP contribution in [0.25, 0.3) is 11.1 Å². The number of carbonyl (C=O) groups is 1. The summed E-state index contributed by atoms with van der Waals surface area (Å²) in [5.41, 5.74) is 4.79. The first-order valence-corrected chi connectivity index (χ1v) is 13.2. The number of anilines is 1. The molecule has 186 valence electrons. The van der Waals surface area contributed by atoms with Gasteiger partial charge in [0.25, 0.3) is 0 Å². The van der Waals surface area contributed by atoms with Gasteiger partial charge in [-0.2, -0.15) is 0 Å². The Morgan fingerprint density at radius 3 is 2.39 bits per heavy atom. The fourth-order valence-electron chi connectivity index (χ4n) is 7.25. The smallest absolute Gasteiger partial charge is 0.210 e. The third-order valence-corrected chi connectivity index (χ3v) is 8.79. The number of rotatable bonds is 1. The summed E-state index contributed by atoms with van der Waals surface area (Å²) in [7, 11) is 0. The number of aromatic hydroxyl groups is 2. The summed E-state index contributed by atoms with van der Waals surface area (Å²) in [6.45, 7) is 3.79. The van der Waals surface area contributed by atoms with E-state index in [9.17, 15) is 25.2 Å². The Morgan fingerprint density at radius 2 is 1.58 bits per heavy atom. The van der Waals surface area contributed by atoms with Crippen LogP contribution < -0.4 is 25.2 Å². The number of hydrogen-bond donors (Lipinski definition) is 3. The van der Waals surface area contributed by atoms with Crippen LogP contribution in [0.15, 0.2) is 17.9 Å². The van der Waals surface area contributed by atoms with Gasteiger partial charge in [0.1, 0.15) is 30.7 Å². The minimum absolute atomic E-state index is 0.00259. The zero-order valence-corrected chi connectivity index (χ0v) is 20.3. The molecule has 0 amide bonds. The van der Waals surface area contributed by atoms with Gasteiger partial charge in [-0.05, 0) is 61.8 Å². The van der Waals surface area contributed by atoms with E-state index >= 15 is 0 Å². The largest absolute Gasteiger partial charge is 0.872 e. The van der Waals surface area contributed by atoms with Gasteiger partial charge in [0.2, 0.25) is 5.36 Å². The van der Waals surface area contributed by atoms with Gasteiger partial charge in [0.15, 0.2) is 5.78 Å². The van der Waals surface area contributed by atoms with E-state index in [0.29, 0.717) is 12.8 Å². The molecule has 0 saturated heterocycles. The number of benzene rings is 2. The Bertz CT molecular complexity index is 1510. The number of aryl methyl sites for hydroxylation is 2. The molecule has 2 aromatic rings. The summed E-state index contributed by atoms with van der Waals surface area (Å²) in [4.78, 5) is 15.7. The van der Waals surface area contributed by atoms with E-state index in [-0.39, 0.29) is 33.4 Å². The maximum Gasteiger partial charge on any atom is 0.210 e. The number of nitrogens with zero attached hydrogens (tertiary/aromatic N) is 2. The molecule has 0 bridgehead atoms. The van der Waals surface area contributed by atoms with Crippen LogP contribution in [0.4, 0.5) is 5.69 Å². The van der Waals surface area contributed by atoms with Gasteiger partial charge in [-0.3, -0.25) is 4.79 Å². The van der Waals surface area contributed by atoms with E-state index in [4.69, 9.17) is 0 Å². The normalized spacial score (nSPS) is 24.2. The molecule has 1 unspecified atom stereocenters. The molecule has 1 atom stereocenters. The number of allylic oxidation sites excluding steroid dienone is 1. The highest BCUT2D eigenvalue weighted by Crippen LogP contribution is 2.46. The van der Waals surface area contributed by atoms with Gasteiger partial charge in [0, 0.05) is 59.1 Å². The number of hydrogen-bond acceptors (Lipinski definition) is 6. The van der Waals surface area contributed by atoms with Crippen molar-refractivity contribution in [2.24, 2.45) is 0 Å². The van der Waals surface area contributed by atoms with Crippen LogP contribution in [0, 0.1) is 0 Å². The minimum atomic E-state index is -1.66. The van der Waals surface area contributed by atoms with Gasteiger partial charge in [-0.15, -0.1) is 0 Å². The lowest BCUT2D eigenvalue weighted by molar-refractivity contribution is -0.290. The summed E-state index contributed by atoms with van der Waals surface area (Å²) in [5.74, 6) is -1.32. The number of Topliss-reactive ketones (excluding diaryl/α,β-unsaturated/α-hetero) is 1. The summed E-state index contributed by atoms with van der Waals surface area (Å²) in [5, 5.41) is 48.7. The molecule has 5 aliphatic rings. The van der Waals surface area contributed by atoms with Crippen molar-refractivity contribution in [3.05, 3.63) is 56.3 Å². The Hall–Kier alpha value is -3.32. The molecule has 2 aromatic carbocycles. The monoisotopic (exact) mass is 486 g/mol. The Morgan fingerprint density at radius 1 is 0.889 bits per heavy atom. The third kappa shape index (κ3) is 2.89. The van der Waals surface area contributed by atoms with Gasteiger partial charge < -0.3 is 25.3 Å². The number of aliphatic hydroxyl groups excluding tert-OH is 1. The van der Waals surface area contributed by atoms with Crippen LogP contribution in [0.2, 0.25) is 0 Å². The molecule has 0 spiro atoms. The van der Waals surface area contributed by atoms with Crippen LogP contribution in [-0.4, -0.2) is 53.4 Å². The van der Waals surface area contributed by atoms with Crippen molar-refractivity contribution in [2.45, 2.75) is 57.5 Å². The summed E-state index contributed by atoms with van der Waals surface area (Å²) >= 11 is 0. The van der Waals surface area contributed by atoms with Crippen LogP contribution in [0.3, 0.4) is 0 Å². The fraction of sp³-hybridized carbons (Fsp3) is 0.448. The Labute approximate surface area is 208 Å². The molecule has 1 aliphatic carbocycles. The van der Waals surface area contributed by atoms with E-state index in [1.807, 2.05) is 0 Å². The van der Waals surface area contributed by atoms with Crippen LogP contribution in [0.1, 0.15) is 53.5 Å². The lowest BCUT2D eigenvalue weighted by atomic mass is 9.86. The summed E-state index contributed by atoms with van der Waals surface area (Å²) in [6, 6.07) is 3.58. The molecule has 36 heavy (non-hydrogen) atoms. The SMILES string of the molecule is O=C1/C(=c2/cc3c4c(c2O)CCC[N+]=4CCC3)C([O-])=C(c2cc3c4c(c2O)CCCN4CCC3)C1O. The van der Waals surface area contributed by atoms with E-state index in [0.717, 1.165) is 98.0 Å². The molecule has 7 rings (SSSR count). The van der Waals surface area contributed by atoms with Crippen LogP contribution in [-0.2, 0) is 30.5 Å². The van der Waals surface area contributed by atoms with Crippen molar-refractivity contribution in [1.82, 2.24) is 4.58 Å². The number of phenols is 2. The highest BCUT2D eigenvalue weighted by molar-refractivity contribution is 6.31. The van der Waals surface area contributed by atoms with Crippen molar-refractivity contribution < 1.29 is 25.2 Å². The minimum Gasteiger partial charge on any atom is -0.872 e. The Balaban J connectivity index is 1.49. The summed E-state index contributed by atoms with van der Waals surface area (Å²) in [6.07, 6.45) is 5.18. The molecular weight excluding hydrogens is 456 g/mol. The van der Waals surface area contributed by atoms with E-state index in [1.54, 1.807) is 12.1 Å². The highest BCUT2D eigenvalue weighted by atomic mass is 16.3. The molecule has 7 heteroatoms. The predicted octanol–water partition coefficient (Wildman–Crippen LogP) is 0.0460. The third-order valence-electron chi connectivity index (χ3n) is 8.79. The van der Waals surface area contributed by atoms with E-state index in [2.05, 4.69) is 9.48 Å². The van der Waals surface area contributed by atoms with Crippen LogP contribution >= 0.6 is 0 Å². The number of phenolic OH excluding ortho intramolecular Hbond substituents is 2. The fourth-order valence-corrected chi connectivity index (χ4v) is 7.25. The zero-order chi connectivity index (χ0) is 24.7. The molecule has 4 aliphatic heterocycles. The average molecular weight is 487 g/mol. The topological polar surface area (TPSA) is 107 Å². The van der Waals surface area contributed by atoms with Gasteiger partial charge in [0.05, 0.1) is 5.56 Å². The predicted molar refractivity (Wildman–Crippen MR) is 133 cm³/mol. The average Bonchev–Trinajstić information content (AvgIpc) is 3.11. The second-order valence-electron chi connectivity index (χ2n) is 10.8. The van der Waals surface area contributed by atoms with E-state index < -0.39 is 17.6 Å². The van der Waals surface area contributed by atoms with Crippen molar-refractivity contribution in [1.29, 1.82) is 0 Å². The quantitative estimate of drug-likeness (QED) is 0.492. The van der Waals surface area contributed by atoms with Crippen LogP contribution in [0.5, 0.6) is 11.5 Å². The highest BCUT2D eigenvalue weighted by Gasteiger charge is 2.38. The second kappa shape index (κ2) is 7.84. The van der Waals surface area contributed by atoms with Gasteiger partial charge >= 0.3 is 0 Å². The molecule has 0 aromatic heterocycles. The maximum atomic E-state index is 13.8. The zero-order valence-electron chi connectivity index (χ0n) is 20.3. The molecular formula is C29H30N2O5. The molecule has 7 nitrogen and oxygen atoms in total. The maximum absolute atomic E-state index is 13.8. The molecule has 4 heterocycles. The van der Waals surface area contributed by atoms with Gasteiger partial charge in [-0.25, -0.2) is 4.58 Å². The number of aliphatic hydroxyl groups is 1. The Kier molecular flexibility index (Phi) is 4.77. The van der Waals surface area contributed by atoms with Crippen molar-refractivity contribution in [3.63, 3.8) is 0 Å². The standard InChI is InChI=1S/C29H30N2O5/c32-25-17-7-3-11-30-9-1-5-15(23(17)30)13-19(25)21-27(34)22(29(36)28(21)35)20-14-16-6-2-10-31-12-4-8-18(24(16)31)26(20)33/h13-14,28,35H,1-12H2,(H2,32,33,34,36). The number of ketones is 1. The second-order valence-corrected chi connectivity index (χ2v) is 10.8. The van der Waals surface area contributed by atoms with Crippen molar-refractivity contribution in [3.8, 4) is 11.5 Å².